The van der Waals surface area contributed by atoms with Crippen LogP contribution in [0, 0.1) is 5.82 Å². The Kier molecular flexibility index (Phi) is 5.15. The summed E-state index contributed by atoms with van der Waals surface area (Å²) in [6.45, 7) is 0.0622. The standard InChI is InChI=1S/C15H13ClFNO3S/c16-12-4-6-14(7-5-12)22(20,21)10-15(19)18-9-11-2-1-3-13(17)8-11/h1-8H,9-10H2,(H,18,19). The zero-order valence-corrected chi connectivity index (χ0v) is 13.0. The Morgan fingerprint density at radius 1 is 1.14 bits per heavy atom. The van der Waals surface area contributed by atoms with Crippen molar-refractivity contribution < 1.29 is 17.6 Å². The van der Waals surface area contributed by atoms with E-state index in [1.54, 1.807) is 6.07 Å². The molecule has 2 aromatic carbocycles. The zero-order valence-electron chi connectivity index (χ0n) is 11.4. The molecular formula is C15H13ClFNO3S. The number of sulfone groups is 1. The van der Waals surface area contributed by atoms with Crippen molar-refractivity contribution in [1.82, 2.24) is 5.32 Å². The lowest BCUT2D eigenvalue weighted by molar-refractivity contribution is -0.118. The first kappa shape index (κ1) is 16.5. The molecule has 0 radical (unpaired) electrons. The summed E-state index contributed by atoms with van der Waals surface area (Å²) in [4.78, 5) is 11.8. The molecule has 0 saturated heterocycles. The van der Waals surface area contributed by atoms with Gasteiger partial charge in [-0.25, -0.2) is 12.8 Å². The van der Waals surface area contributed by atoms with Crippen molar-refractivity contribution in [1.29, 1.82) is 0 Å². The summed E-state index contributed by atoms with van der Waals surface area (Å²) in [5.41, 5.74) is 0.553. The number of rotatable bonds is 5. The molecule has 0 aliphatic rings. The van der Waals surface area contributed by atoms with Gasteiger partial charge in [-0.2, -0.15) is 0 Å². The smallest absolute Gasteiger partial charge is 0.235 e. The van der Waals surface area contributed by atoms with E-state index in [9.17, 15) is 17.6 Å². The van der Waals surface area contributed by atoms with Crippen LogP contribution in [0.25, 0.3) is 0 Å². The zero-order chi connectivity index (χ0) is 16.2. The number of benzene rings is 2. The quantitative estimate of drug-likeness (QED) is 0.909. The van der Waals surface area contributed by atoms with Gasteiger partial charge in [0.25, 0.3) is 0 Å². The van der Waals surface area contributed by atoms with Gasteiger partial charge in [0.15, 0.2) is 9.84 Å². The summed E-state index contributed by atoms with van der Waals surface area (Å²) in [5.74, 6) is -1.75. The normalized spacial score (nSPS) is 11.2. The number of nitrogens with one attached hydrogen (secondary N) is 1. The molecule has 116 valence electrons. The Hall–Kier alpha value is -1.92. The summed E-state index contributed by atoms with van der Waals surface area (Å²) >= 11 is 5.69. The van der Waals surface area contributed by atoms with Gasteiger partial charge in [-0.1, -0.05) is 23.7 Å². The third-order valence-corrected chi connectivity index (χ3v) is 4.76. The minimum Gasteiger partial charge on any atom is -0.351 e. The molecule has 0 atom stereocenters. The van der Waals surface area contributed by atoms with Crippen LogP contribution in [-0.2, 0) is 21.2 Å². The van der Waals surface area contributed by atoms with Crippen LogP contribution >= 0.6 is 11.6 Å². The highest BCUT2D eigenvalue weighted by molar-refractivity contribution is 7.92. The van der Waals surface area contributed by atoms with Gasteiger partial charge in [-0.15, -0.1) is 0 Å². The Labute approximate surface area is 132 Å². The van der Waals surface area contributed by atoms with E-state index in [1.807, 2.05) is 0 Å². The molecule has 1 N–H and O–H groups in total. The first-order chi connectivity index (χ1) is 10.4. The molecule has 0 heterocycles. The number of halogens is 2. The molecule has 0 aliphatic carbocycles. The van der Waals surface area contributed by atoms with Crippen LogP contribution in [0.5, 0.6) is 0 Å². The van der Waals surface area contributed by atoms with Crippen molar-refractivity contribution in [3.63, 3.8) is 0 Å². The third kappa shape index (κ3) is 4.54. The lowest BCUT2D eigenvalue weighted by Gasteiger charge is -2.07. The number of hydrogen-bond donors (Lipinski definition) is 1. The highest BCUT2D eigenvalue weighted by Gasteiger charge is 2.19. The van der Waals surface area contributed by atoms with Crippen molar-refractivity contribution in [3.8, 4) is 0 Å². The molecule has 7 heteroatoms. The average molecular weight is 342 g/mol. The van der Waals surface area contributed by atoms with Crippen LogP contribution in [-0.4, -0.2) is 20.1 Å². The van der Waals surface area contributed by atoms with Gasteiger partial charge in [0.2, 0.25) is 5.91 Å². The number of carbonyl (C=O) groups is 1. The Balaban J connectivity index is 1.97. The van der Waals surface area contributed by atoms with Crippen molar-refractivity contribution in [2.45, 2.75) is 11.4 Å². The van der Waals surface area contributed by atoms with Crippen molar-refractivity contribution in [3.05, 3.63) is 64.9 Å². The molecule has 0 bridgehead atoms. The molecule has 1 amide bonds. The Bertz CT molecular complexity index is 776. The maximum Gasteiger partial charge on any atom is 0.235 e. The van der Waals surface area contributed by atoms with Crippen molar-refractivity contribution >= 4 is 27.3 Å². The Morgan fingerprint density at radius 2 is 1.82 bits per heavy atom. The molecule has 0 spiro atoms. The summed E-state index contributed by atoms with van der Waals surface area (Å²) in [7, 11) is -3.73. The predicted octanol–water partition coefficient (Wildman–Crippen LogP) is 2.57. The van der Waals surface area contributed by atoms with E-state index in [0.29, 0.717) is 10.6 Å². The third-order valence-electron chi connectivity index (χ3n) is 2.87. The molecule has 0 aliphatic heterocycles. The van der Waals surface area contributed by atoms with E-state index in [4.69, 9.17) is 11.6 Å². The molecule has 0 unspecified atom stereocenters. The van der Waals surface area contributed by atoms with E-state index < -0.39 is 27.3 Å². The second-order valence-corrected chi connectivity index (χ2v) is 7.05. The SMILES string of the molecule is O=C(CS(=O)(=O)c1ccc(Cl)cc1)NCc1cccc(F)c1. The van der Waals surface area contributed by atoms with E-state index in [-0.39, 0.29) is 11.4 Å². The van der Waals surface area contributed by atoms with E-state index in [2.05, 4.69) is 5.32 Å². The number of hydrogen-bond acceptors (Lipinski definition) is 3. The van der Waals surface area contributed by atoms with Crippen molar-refractivity contribution in [2.75, 3.05) is 5.75 Å². The maximum absolute atomic E-state index is 13.0. The maximum atomic E-state index is 13.0. The summed E-state index contributed by atoms with van der Waals surface area (Å²) in [5, 5.41) is 2.86. The van der Waals surface area contributed by atoms with E-state index >= 15 is 0 Å². The molecule has 0 saturated carbocycles. The number of amides is 1. The van der Waals surface area contributed by atoms with Crippen LogP contribution in [0.3, 0.4) is 0 Å². The van der Waals surface area contributed by atoms with Crippen LogP contribution in [0.15, 0.2) is 53.4 Å². The summed E-state index contributed by atoms with van der Waals surface area (Å²) in [6.07, 6.45) is 0. The fourth-order valence-electron chi connectivity index (χ4n) is 1.80. The van der Waals surface area contributed by atoms with Gasteiger partial charge in [-0.05, 0) is 42.0 Å². The highest BCUT2D eigenvalue weighted by Crippen LogP contribution is 2.15. The second kappa shape index (κ2) is 6.89. The fraction of sp³-hybridized carbons (Fsp3) is 0.133. The first-order valence-corrected chi connectivity index (χ1v) is 8.39. The van der Waals surface area contributed by atoms with Crippen molar-refractivity contribution in [2.24, 2.45) is 0 Å². The van der Waals surface area contributed by atoms with Gasteiger partial charge in [0, 0.05) is 11.6 Å². The fourth-order valence-corrected chi connectivity index (χ4v) is 3.09. The predicted molar refractivity (Wildman–Crippen MR) is 81.8 cm³/mol. The largest absolute Gasteiger partial charge is 0.351 e. The summed E-state index contributed by atoms with van der Waals surface area (Å²) in [6, 6.07) is 11.3. The topological polar surface area (TPSA) is 63.2 Å². The lowest BCUT2D eigenvalue weighted by atomic mass is 10.2. The van der Waals surface area contributed by atoms with Gasteiger partial charge < -0.3 is 5.32 Å². The van der Waals surface area contributed by atoms with E-state index in [1.165, 1.54) is 42.5 Å². The van der Waals surface area contributed by atoms with Gasteiger partial charge in [0.1, 0.15) is 11.6 Å². The van der Waals surface area contributed by atoms with E-state index in [0.717, 1.165) is 0 Å². The molecule has 2 aromatic rings. The minimum absolute atomic E-state index is 0.0257. The highest BCUT2D eigenvalue weighted by atomic mass is 35.5. The van der Waals surface area contributed by atoms with Gasteiger partial charge >= 0.3 is 0 Å². The minimum atomic E-state index is -3.73. The lowest BCUT2D eigenvalue weighted by Crippen LogP contribution is -2.29. The second-order valence-electron chi connectivity index (χ2n) is 4.62. The number of carbonyl (C=O) groups excluding carboxylic acids is 1. The van der Waals surface area contributed by atoms with Gasteiger partial charge in [0.05, 0.1) is 4.90 Å². The first-order valence-electron chi connectivity index (χ1n) is 6.36. The molecule has 0 fully saturated rings. The Morgan fingerprint density at radius 3 is 2.45 bits per heavy atom. The van der Waals surface area contributed by atoms with Gasteiger partial charge in [-0.3, -0.25) is 4.79 Å². The van der Waals surface area contributed by atoms with Crippen LogP contribution in [0.1, 0.15) is 5.56 Å². The molecular weight excluding hydrogens is 329 g/mol. The monoisotopic (exact) mass is 341 g/mol. The van der Waals surface area contributed by atoms with Crippen LogP contribution in [0.2, 0.25) is 5.02 Å². The van der Waals surface area contributed by atoms with Crippen LogP contribution < -0.4 is 5.32 Å². The van der Waals surface area contributed by atoms with Crippen LogP contribution in [0.4, 0.5) is 4.39 Å². The molecule has 22 heavy (non-hydrogen) atoms. The molecule has 2 rings (SSSR count). The average Bonchev–Trinajstić information content (AvgIpc) is 2.45. The molecule has 0 aromatic heterocycles. The molecule has 4 nitrogen and oxygen atoms in total. The summed E-state index contributed by atoms with van der Waals surface area (Å²) < 4.78 is 37.1.